The first-order valence-electron chi connectivity index (χ1n) is 9.40. The normalized spacial score (nSPS) is 23.5. The third-order valence-electron chi connectivity index (χ3n) is 5.28. The van der Waals surface area contributed by atoms with Crippen LogP contribution in [0.4, 0.5) is 0 Å². The maximum Gasteiger partial charge on any atom is 0.308 e. The van der Waals surface area contributed by atoms with E-state index in [0.717, 1.165) is 12.8 Å². The molecule has 8 heteroatoms. The van der Waals surface area contributed by atoms with E-state index in [2.05, 4.69) is 0 Å². The Morgan fingerprint density at radius 2 is 1.77 bits per heavy atom. The molecule has 0 spiro atoms. The Labute approximate surface area is 154 Å². The predicted octanol–water partition coefficient (Wildman–Crippen LogP) is 0.559. The number of carbonyl (C=O) groups excluding carboxylic acids is 3. The number of aliphatic carboxylic acids is 1. The van der Waals surface area contributed by atoms with Crippen molar-refractivity contribution < 1.29 is 24.3 Å². The van der Waals surface area contributed by atoms with E-state index < -0.39 is 17.9 Å². The second-order valence-electron chi connectivity index (χ2n) is 7.16. The summed E-state index contributed by atoms with van der Waals surface area (Å²) >= 11 is 0. The molecule has 2 saturated heterocycles. The van der Waals surface area contributed by atoms with Crippen LogP contribution in [0, 0.1) is 5.92 Å². The van der Waals surface area contributed by atoms with E-state index in [9.17, 15) is 19.2 Å². The highest BCUT2D eigenvalue weighted by Crippen LogP contribution is 2.20. The van der Waals surface area contributed by atoms with E-state index in [1.807, 2.05) is 0 Å². The second-order valence-corrected chi connectivity index (χ2v) is 7.16. The average molecular weight is 367 g/mol. The fourth-order valence-corrected chi connectivity index (χ4v) is 3.73. The van der Waals surface area contributed by atoms with E-state index in [1.165, 1.54) is 9.80 Å². The lowest BCUT2D eigenvalue weighted by molar-refractivity contribution is -0.150. The molecule has 0 saturated carbocycles. The fraction of sp³-hybridized carbons (Fsp3) is 0.778. The summed E-state index contributed by atoms with van der Waals surface area (Å²) in [4.78, 5) is 53.1. The second kappa shape index (κ2) is 9.00. The number of carboxylic acids is 1. The van der Waals surface area contributed by atoms with Crippen LogP contribution in [0.25, 0.3) is 0 Å². The van der Waals surface area contributed by atoms with Crippen LogP contribution in [0.3, 0.4) is 0 Å². The van der Waals surface area contributed by atoms with Gasteiger partial charge in [0.25, 0.3) is 0 Å². The molecule has 2 atom stereocenters. The number of amides is 3. The van der Waals surface area contributed by atoms with Crippen molar-refractivity contribution in [1.29, 1.82) is 0 Å². The van der Waals surface area contributed by atoms with Crippen LogP contribution in [0.1, 0.15) is 45.4 Å². The van der Waals surface area contributed by atoms with Crippen LogP contribution >= 0.6 is 0 Å². The maximum absolute atomic E-state index is 12.8. The molecule has 8 nitrogen and oxygen atoms in total. The van der Waals surface area contributed by atoms with Gasteiger partial charge in [0.2, 0.25) is 17.7 Å². The summed E-state index contributed by atoms with van der Waals surface area (Å²) in [5, 5.41) is 9.14. The molecule has 2 unspecified atom stereocenters. The number of nitrogens with zero attached hydrogens (tertiary/aromatic N) is 3. The Bertz CT molecular complexity index is 565. The summed E-state index contributed by atoms with van der Waals surface area (Å²) in [6, 6.07) is -0.498. The van der Waals surface area contributed by atoms with Crippen molar-refractivity contribution in [1.82, 2.24) is 14.7 Å². The highest BCUT2D eigenvalue weighted by atomic mass is 16.4. The van der Waals surface area contributed by atoms with Crippen molar-refractivity contribution >= 4 is 23.7 Å². The van der Waals surface area contributed by atoms with Crippen LogP contribution < -0.4 is 0 Å². The summed E-state index contributed by atoms with van der Waals surface area (Å²) in [7, 11) is 1.57. The van der Waals surface area contributed by atoms with Gasteiger partial charge >= 0.3 is 5.97 Å². The quantitative estimate of drug-likeness (QED) is 0.766. The number of likely N-dealkylation sites (tertiary alicyclic amines) is 2. The molecular formula is C18H29N3O5. The summed E-state index contributed by atoms with van der Waals surface area (Å²) in [5.41, 5.74) is 0. The molecule has 0 bridgehead atoms. The molecule has 26 heavy (non-hydrogen) atoms. The predicted molar refractivity (Wildman–Crippen MR) is 94.2 cm³/mol. The van der Waals surface area contributed by atoms with Gasteiger partial charge in [0.1, 0.15) is 6.04 Å². The lowest BCUT2D eigenvalue weighted by Gasteiger charge is -2.37. The monoisotopic (exact) mass is 367 g/mol. The van der Waals surface area contributed by atoms with Gasteiger partial charge in [-0.3, -0.25) is 19.2 Å². The fourth-order valence-electron chi connectivity index (χ4n) is 3.73. The molecule has 2 aliphatic heterocycles. The van der Waals surface area contributed by atoms with Gasteiger partial charge in [0, 0.05) is 33.1 Å². The molecule has 2 heterocycles. The molecule has 2 rings (SSSR count). The van der Waals surface area contributed by atoms with E-state index >= 15 is 0 Å². The molecule has 3 amide bonds. The lowest BCUT2D eigenvalue weighted by Crippen LogP contribution is -2.54. The first-order chi connectivity index (χ1) is 12.3. The van der Waals surface area contributed by atoms with Gasteiger partial charge in [-0.1, -0.05) is 6.92 Å². The standard InChI is InChI=1S/C18H29N3O5/c1-3-15(22)21-10-5-4-8-14(21)17(24)19(2)12-16(23)20-9-6-7-13(11-20)18(25)26/h13-14H,3-12H2,1-2H3,(H,25,26). The van der Waals surface area contributed by atoms with Gasteiger partial charge in [-0.25, -0.2) is 0 Å². The Balaban J connectivity index is 1.95. The molecule has 0 radical (unpaired) electrons. The first kappa shape index (κ1) is 20.2. The summed E-state index contributed by atoms with van der Waals surface area (Å²) in [6.07, 6.45) is 3.98. The number of likely N-dealkylation sites (N-methyl/N-ethyl adjacent to an activating group) is 1. The Morgan fingerprint density at radius 1 is 1.04 bits per heavy atom. The number of piperidine rings is 2. The third-order valence-corrected chi connectivity index (χ3v) is 5.28. The Morgan fingerprint density at radius 3 is 2.42 bits per heavy atom. The third kappa shape index (κ3) is 4.74. The van der Waals surface area contributed by atoms with Crippen molar-refractivity contribution in [2.24, 2.45) is 5.92 Å². The SMILES string of the molecule is CCC(=O)N1CCCCC1C(=O)N(C)CC(=O)N1CCCC(C(=O)O)C1. The number of hydrogen-bond acceptors (Lipinski definition) is 4. The van der Waals surface area contributed by atoms with Crippen molar-refractivity contribution in [2.45, 2.75) is 51.5 Å². The highest BCUT2D eigenvalue weighted by molar-refractivity contribution is 5.90. The van der Waals surface area contributed by atoms with Crippen molar-refractivity contribution in [3.63, 3.8) is 0 Å². The summed E-state index contributed by atoms with van der Waals surface area (Å²) < 4.78 is 0. The minimum absolute atomic E-state index is 0.0388. The molecule has 0 aromatic rings. The molecule has 0 aromatic carbocycles. The molecule has 2 fully saturated rings. The van der Waals surface area contributed by atoms with E-state index in [0.29, 0.717) is 38.8 Å². The summed E-state index contributed by atoms with van der Waals surface area (Å²) in [6.45, 7) is 2.99. The van der Waals surface area contributed by atoms with Crippen LogP contribution in [0.2, 0.25) is 0 Å². The van der Waals surface area contributed by atoms with Crippen LogP contribution in [-0.2, 0) is 19.2 Å². The van der Waals surface area contributed by atoms with Gasteiger partial charge in [-0.15, -0.1) is 0 Å². The number of carbonyl (C=O) groups is 4. The Kier molecular flexibility index (Phi) is 6.99. The molecule has 146 valence electrons. The topological polar surface area (TPSA) is 98.2 Å². The number of hydrogen-bond donors (Lipinski definition) is 1. The minimum atomic E-state index is -0.886. The maximum atomic E-state index is 12.8. The smallest absolute Gasteiger partial charge is 0.308 e. The summed E-state index contributed by atoms with van der Waals surface area (Å²) in [5.74, 6) is -1.92. The van der Waals surface area contributed by atoms with Crippen molar-refractivity contribution in [3.8, 4) is 0 Å². The van der Waals surface area contributed by atoms with E-state index in [-0.39, 0.29) is 30.8 Å². The zero-order valence-electron chi connectivity index (χ0n) is 15.6. The minimum Gasteiger partial charge on any atom is -0.481 e. The largest absolute Gasteiger partial charge is 0.481 e. The zero-order valence-corrected chi connectivity index (χ0v) is 15.6. The van der Waals surface area contributed by atoms with Gasteiger partial charge in [0.05, 0.1) is 12.5 Å². The molecule has 1 N–H and O–H groups in total. The zero-order chi connectivity index (χ0) is 19.3. The van der Waals surface area contributed by atoms with Crippen molar-refractivity contribution in [2.75, 3.05) is 33.2 Å². The number of rotatable bonds is 5. The molecule has 2 aliphatic rings. The van der Waals surface area contributed by atoms with Gasteiger partial charge in [-0.2, -0.15) is 0 Å². The van der Waals surface area contributed by atoms with E-state index in [1.54, 1.807) is 18.9 Å². The first-order valence-corrected chi connectivity index (χ1v) is 9.40. The lowest BCUT2D eigenvalue weighted by atomic mass is 9.98. The van der Waals surface area contributed by atoms with Gasteiger partial charge in [-0.05, 0) is 32.1 Å². The van der Waals surface area contributed by atoms with Gasteiger partial charge in [0.15, 0.2) is 0 Å². The van der Waals surface area contributed by atoms with Crippen LogP contribution in [0.15, 0.2) is 0 Å². The average Bonchev–Trinajstić information content (AvgIpc) is 2.66. The molecule has 0 aliphatic carbocycles. The van der Waals surface area contributed by atoms with E-state index in [4.69, 9.17) is 5.11 Å². The Hall–Kier alpha value is -2.12. The van der Waals surface area contributed by atoms with Crippen LogP contribution in [0.5, 0.6) is 0 Å². The highest BCUT2D eigenvalue weighted by Gasteiger charge is 2.34. The van der Waals surface area contributed by atoms with Crippen molar-refractivity contribution in [3.05, 3.63) is 0 Å². The van der Waals surface area contributed by atoms with Gasteiger partial charge < -0.3 is 19.8 Å². The molecule has 0 aromatic heterocycles. The molecular weight excluding hydrogens is 338 g/mol. The number of carboxylic acid groups (broad SMARTS) is 1. The van der Waals surface area contributed by atoms with Crippen LogP contribution in [-0.4, -0.2) is 82.8 Å².